The van der Waals surface area contributed by atoms with Gasteiger partial charge in [-0.1, -0.05) is 17.7 Å². The van der Waals surface area contributed by atoms with Gasteiger partial charge in [-0.15, -0.1) is 0 Å². The molecule has 0 spiro atoms. The van der Waals surface area contributed by atoms with E-state index >= 15 is 0 Å². The Morgan fingerprint density at radius 1 is 1.38 bits per heavy atom. The molecule has 0 aromatic rings. The van der Waals surface area contributed by atoms with Gasteiger partial charge in [-0.3, -0.25) is 0 Å². The van der Waals surface area contributed by atoms with Crippen LogP contribution in [0.2, 0.25) is 0 Å². The van der Waals surface area contributed by atoms with Crippen molar-refractivity contribution in [1.29, 1.82) is 0 Å². The fourth-order valence-corrected chi connectivity index (χ4v) is 2.03. The standard InChI is InChI=1S/C11H16N2/c12-10-3-1-2-8-6-11(13)5-4-9(8)7-10/h1-3,11H,4-7,12-13H2. The smallest absolute Gasteiger partial charge is 0.0122 e. The van der Waals surface area contributed by atoms with Gasteiger partial charge in [0.1, 0.15) is 0 Å². The fraction of sp³-hybridized carbons (Fsp3) is 0.455. The van der Waals surface area contributed by atoms with Crippen LogP contribution in [0.1, 0.15) is 25.7 Å². The first-order chi connectivity index (χ1) is 6.25. The molecule has 0 aliphatic heterocycles. The molecule has 0 amide bonds. The minimum atomic E-state index is 0.350. The van der Waals surface area contributed by atoms with Gasteiger partial charge >= 0.3 is 0 Å². The summed E-state index contributed by atoms with van der Waals surface area (Å²) in [4.78, 5) is 0. The molecule has 2 heteroatoms. The van der Waals surface area contributed by atoms with Crippen LogP contribution in [0.5, 0.6) is 0 Å². The van der Waals surface area contributed by atoms with Gasteiger partial charge in [-0.2, -0.15) is 0 Å². The molecule has 0 aromatic carbocycles. The highest BCUT2D eigenvalue weighted by Gasteiger charge is 2.17. The Kier molecular flexibility index (Phi) is 2.23. The Hall–Kier alpha value is -1.02. The third-order valence-corrected chi connectivity index (χ3v) is 2.78. The summed E-state index contributed by atoms with van der Waals surface area (Å²) < 4.78 is 0. The summed E-state index contributed by atoms with van der Waals surface area (Å²) in [7, 11) is 0. The molecule has 2 aliphatic carbocycles. The largest absolute Gasteiger partial charge is 0.402 e. The molecule has 0 bridgehead atoms. The van der Waals surface area contributed by atoms with Crippen molar-refractivity contribution >= 4 is 0 Å². The average Bonchev–Trinajstić information content (AvgIpc) is 2.25. The van der Waals surface area contributed by atoms with Crippen LogP contribution in [0.25, 0.3) is 0 Å². The summed E-state index contributed by atoms with van der Waals surface area (Å²) in [5.74, 6) is 0. The van der Waals surface area contributed by atoms with E-state index in [0.717, 1.165) is 31.4 Å². The molecule has 0 aromatic heterocycles. The summed E-state index contributed by atoms with van der Waals surface area (Å²) in [6, 6.07) is 0.350. The van der Waals surface area contributed by atoms with Gasteiger partial charge in [0, 0.05) is 18.2 Å². The number of allylic oxidation sites excluding steroid dienone is 4. The molecule has 0 saturated heterocycles. The zero-order valence-corrected chi connectivity index (χ0v) is 7.79. The molecule has 1 unspecified atom stereocenters. The topological polar surface area (TPSA) is 52.0 Å². The molecular weight excluding hydrogens is 160 g/mol. The van der Waals surface area contributed by atoms with Crippen LogP contribution in [-0.4, -0.2) is 6.04 Å². The number of nitrogens with two attached hydrogens (primary N) is 2. The van der Waals surface area contributed by atoms with E-state index in [4.69, 9.17) is 11.5 Å². The van der Waals surface area contributed by atoms with Crippen LogP contribution in [0.4, 0.5) is 0 Å². The zero-order valence-electron chi connectivity index (χ0n) is 7.79. The SMILES string of the molecule is NC1=CC=CC2=C(CCC(N)C2)C1. The van der Waals surface area contributed by atoms with Crippen LogP contribution < -0.4 is 11.5 Å². The number of rotatable bonds is 0. The van der Waals surface area contributed by atoms with Crippen molar-refractivity contribution in [3.05, 3.63) is 35.1 Å². The first-order valence-electron chi connectivity index (χ1n) is 4.85. The molecule has 0 heterocycles. The van der Waals surface area contributed by atoms with Crippen LogP contribution in [0.3, 0.4) is 0 Å². The van der Waals surface area contributed by atoms with E-state index in [2.05, 4.69) is 6.08 Å². The highest BCUT2D eigenvalue weighted by atomic mass is 14.6. The highest BCUT2D eigenvalue weighted by Crippen LogP contribution is 2.30. The van der Waals surface area contributed by atoms with Gasteiger partial charge in [0.05, 0.1) is 0 Å². The molecule has 70 valence electrons. The molecule has 2 aliphatic rings. The van der Waals surface area contributed by atoms with Gasteiger partial charge in [0.15, 0.2) is 0 Å². The molecule has 4 N–H and O–H groups in total. The van der Waals surface area contributed by atoms with E-state index in [0.29, 0.717) is 6.04 Å². The Labute approximate surface area is 79.0 Å². The quantitative estimate of drug-likeness (QED) is 0.589. The Bertz CT molecular complexity index is 297. The summed E-state index contributed by atoms with van der Waals surface area (Å²) >= 11 is 0. The van der Waals surface area contributed by atoms with E-state index in [9.17, 15) is 0 Å². The first kappa shape index (κ1) is 8.57. The predicted molar refractivity (Wildman–Crippen MR) is 54.9 cm³/mol. The highest BCUT2D eigenvalue weighted by molar-refractivity contribution is 5.36. The molecule has 1 atom stereocenters. The van der Waals surface area contributed by atoms with E-state index in [1.807, 2.05) is 12.2 Å². The zero-order chi connectivity index (χ0) is 9.26. The number of hydrogen-bond acceptors (Lipinski definition) is 2. The normalized spacial score (nSPS) is 28.1. The molecule has 0 saturated carbocycles. The lowest BCUT2D eigenvalue weighted by Crippen LogP contribution is -2.24. The fourth-order valence-electron chi connectivity index (χ4n) is 2.03. The summed E-state index contributed by atoms with van der Waals surface area (Å²) in [5, 5.41) is 0. The van der Waals surface area contributed by atoms with Gasteiger partial charge in [-0.25, -0.2) is 0 Å². The monoisotopic (exact) mass is 176 g/mol. The van der Waals surface area contributed by atoms with Crippen LogP contribution in [0, 0.1) is 0 Å². The average molecular weight is 176 g/mol. The molecule has 0 fully saturated rings. The second-order valence-corrected chi connectivity index (χ2v) is 3.91. The predicted octanol–water partition coefficient (Wildman–Crippen LogP) is 1.60. The van der Waals surface area contributed by atoms with Crippen LogP contribution in [-0.2, 0) is 0 Å². The van der Waals surface area contributed by atoms with E-state index in [1.54, 1.807) is 0 Å². The molecule has 13 heavy (non-hydrogen) atoms. The molecule has 0 radical (unpaired) electrons. The Morgan fingerprint density at radius 3 is 3.08 bits per heavy atom. The van der Waals surface area contributed by atoms with E-state index in [1.165, 1.54) is 11.1 Å². The van der Waals surface area contributed by atoms with Gasteiger partial charge in [-0.05, 0) is 30.9 Å². The third kappa shape index (κ3) is 1.83. The Morgan fingerprint density at radius 2 is 2.23 bits per heavy atom. The summed E-state index contributed by atoms with van der Waals surface area (Å²) in [6.45, 7) is 0. The lowest BCUT2D eigenvalue weighted by molar-refractivity contribution is 0.570. The van der Waals surface area contributed by atoms with Crippen molar-refractivity contribution in [3.63, 3.8) is 0 Å². The lowest BCUT2D eigenvalue weighted by Gasteiger charge is -2.22. The van der Waals surface area contributed by atoms with Crippen molar-refractivity contribution in [1.82, 2.24) is 0 Å². The summed E-state index contributed by atoms with van der Waals surface area (Å²) in [5.41, 5.74) is 15.6. The van der Waals surface area contributed by atoms with Crippen LogP contribution >= 0.6 is 0 Å². The van der Waals surface area contributed by atoms with Crippen molar-refractivity contribution in [2.24, 2.45) is 11.5 Å². The second-order valence-electron chi connectivity index (χ2n) is 3.91. The van der Waals surface area contributed by atoms with Gasteiger partial charge < -0.3 is 11.5 Å². The molecular formula is C11H16N2. The van der Waals surface area contributed by atoms with E-state index in [-0.39, 0.29) is 0 Å². The van der Waals surface area contributed by atoms with Crippen molar-refractivity contribution in [3.8, 4) is 0 Å². The minimum absolute atomic E-state index is 0.350. The first-order valence-corrected chi connectivity index (χ1v) is 4.85. The third-order valence-electron chi connectivity index (χ3n) is 2.78. The molecule has 2 nitrogen and oxygen atoms in total. The second kappa shape index (κ2) is 3.38. The maximum Gasteiger partial charge on any atom is 0.0122 e. The van der Waals surface area contributed by atoms with Gasteiger partial charge in [0.25, 0.3) is 0 Å². The van der Waals surface area contributed by atoms with Crippen LogP contribution in [0.15, 0.2) is 35.1 Å². The summed E-state index contributed by atoms with van der Waals surface area (Å²) in [6.07, 6.45) is 10.4. The van der Waals surface area contributed by atoms with Crippen molar-refractivity contribution in [2.75, 3.05) is 0 Å². The number of hydrogen-bond donors (Lipinski definition) is 2. The van der Waals surface area contributed by atoms with Crippen molar-refractivity contribution < 1.29 is 0 Å². The van der Waals surface area contributed by atoms with Crippen molar-refractivity contribution in [2.45, 2.75) is 31.7 Å². The maximum absolute atomic E-state index is 5.91. The molecule has 2 rings (SSSR count). The maximum atomic E-state index is 5.91. The Balaban J connectivity index is 2.25. The lowest BCUT2D eigenvalue weighted by atomic mass is 9.87. The minimum Gasteiger partial charge on any atom is -0.402 e. The van der Waals surface area contributed by atoms with Gasteiger partial charge in [0.2, 0.25) is 0 Å². The van der Waals surface area contributed by atoms with E-state index < -0.39 is 0 Å².